The summed E-state index contributed by atoms with van der Waals surface area (Å²) in [4.78, 5) is 4.19. The van der Waals surface area contributed by atoms with Crippen LogP contribution in [0.25, 0.3) is 0 Å². The van der Waals surface area contributed by atoms with Crippen LogP contribution in [0, 0.1) is 5.92 Å². The topological polar surface area (TPSA) is 60.2 Å². The molecule has 1 aromatic rings. The molecule has 3 N–H and O–H groups in total. The molecule has 0 saturated carbocycles. The second-order valence-corrected chi connectivity index (χ2v) is 5.61. The minimum absolute atomic E-state index is 0.113. The van der Waals surface area contributed by atoms with E-state index in [1.807, 2.05) is 30.9 Å². The molecule has 0 bridgehead atoms. The number of rotatable bonds is 8. The Morgan fingerprint density at radius 2 is 2.17 bits per heavy atom. The van der Waals surface area contributed by atoms with Gasteiger partial charge < -0.3 is 4.74 Å². The predicted molar refractivity (Wildman–Crippen MR) is 77.6 cm³/mol. The zero-order valence-corrected chi connectivity index (χ0v) is 12.2. The van der Waals surface area contributed by atoms with Gasteiger partial charge in [-0.15, -0.1) is 0 Å². The van der Waals surface area contributed by atoms with E-state index in [0.29, 0.717) is 12.5 Å². The molecule has 4 nitrogen and oxygen atoms in total. The lowest BCUT2D eigenvalue weighted by Gasteiger charge is -2.17. The summed E-state index contributed by atoms with van der Waals surface area (Å²) in [5.74, 6) is 9.18. The largest absolute Gasteiger partial charge is 0.492 e. The fourth-order valence-electron chi connectivity index (χ4n) is 1.53. The Labute approximate surface area is 114 Å². The number of nitrogens with zero attached hydrogens (tertiary/aromatic N) is 1. The fourth-order valence-corrected chi connectivity index (χ4v) is 2.67. The van der Waals surface area contributed by atoms with Crippen LogP contribution < -0.4 is 16.0 Å². The normalized spacial score (nSPS) is 12.7. The molecule has 1 aromatic heterocycles. The molecule has 1 heterocycles. The molecule has 0 fully saturated rings. The Balaban J connectivity index is 2.60. The highest BCUT2D eigenvalue weighted by molar-refractivity contribution is 7.99. The van der Waals surface area contributed by atoms with Crippen LogP contribution in [0.5, 0.6) is 5.75 Å². The zero-order valence-electron chi connectivity index (χ0n) is 11.3. The molecule has 5 heteroatoms. The van der Waals surface area contributed by atoms with E-state index in [0.717, 1.165) is 22.8 Å². The molecular weight excluding hydrogens is 246 g/mol. The van der Waals surface area contributed by atoms with Gasteiger partial charge in [0.2, 0.25) is 0 Å². The number of hydrazine groups is 1. The van der Waals surface area contributed by atoms with Crippen LogP contribution in [0.15, 0.2) is 18.5 Å². The first-order valence-electron chi connectivity index (χ1n) is 6.29. The van der Waals surface area contributed by atoms with E-state index in [1.54, 1.807) is 6.20 Å². The van der Waals surface area contributed by atoms with Crippen molar-refractivity contribution in [2.75, 3.05) is 18.1 Å². The Hall–Kier alpha value is -0.780. The van der Waals surface area contributed by atoms with Gasteiger partial charge in [-0.05, 0) is 30.2 Å². The van der Waals surface area contributed by atoms with Crippen LogP contribution in [0.3, 0.4) is 0 Å². The molecule has 0 saturated heterocycles. The van der Waals surface area contributed by atoms with Crippen LogP contribution in [-0.2, 0) is 0 Å². The maximum Gasteiger partial charge on any atom is 0.137 e. The van der Waals surface area contributed by atoms with Crippen LogP contribution in [0.1, 0.15) is 32.4 Å². The summed E-state index contributed by atoms with van der Waals surface area (Å²) in [7, 11) is 0. The molecule has 0 amide bonds. The van der Waals surface area contributed by atoms with E-state index < -0.39 is 0 Å². The molecule has 0 aliphatic heterocycles. The van der Waals surface area contributed by atoms with Crippen molar-refractivity contribution in [3.8, 4) is 5.75 Å². The highest BCUT2D eigenvalue weighted by atomic mass is 32.2. The van der Waals surface area contributed by atoms with E-state index >= 15 is 0 Å². The molecule has 1 unspecified atom stereocenters. The summed E-state index contributed by atoms with van der Waals surface area (Å²) in [5.41, 5.74) is 3.91. The smallest absolute Gasteiger partial charge is 0.137 e. The molecule has 1 atom stereocenters. The van der Waals surface area contributed by atoms with Crippen molar-refractivity contribution < 1.29 is 4.74 Å². The number of aromatic nitrogens is 1. The zero-order chi connectivity index (χ0) is 13.4. The molecule has 0 aliphatic rings. The van der Waals surface area contributed by atoms with Crippen LogP contribution in [0.4, 0.5) is 0 Å². The SMILES string of the molecule is CCOc1cncc(C(CSCC(C)C)NN)c1. The molecule has 0 radical (unpaired) electrons. The van der Waals surface area contributed by atoms with Gasteiger partial charge in [-0.25, -0.2) is 0 Å². The quantitative estimate of drug-likeness (QED) is 0.560. The summed E-state index contributed by atoms with van der Waals surface area (Å²) < 4.78 is 5.45. The van der Waals surface area contributed by atoms with E-state index in [4.69, 9.17) is 10.6 Å². The van der Waals surface area contributed by atoms with Gasteiger partial charge in [0.25, 0.3) is 0 Å². The molecule has 0 spiro atoms. The summed E-state index contributed by atoms with van der Waals surface area (Å²) in [6.07, 6.45) is 3.56. The van der Waals surface area contributed by atoms with Gasteiger partial charge >= 0.3 is 0 Å². The lowest BCUT2D eigenvalue weighted by Crippen LogP contribution is -2.30. The number of nitrogens with two attached hydrogens (primary N) is 1. The van der Waals surface area contributed by atoms with Gasteiger partial charge in [-0.3, -0.25) is 16.3 Å². The molecule has 1 rings (SSSR count). The standard InChI is InChI=1S/C13H23N3OS/c1-4-17-12-5-11(6-15-7-12)13(16-14)9-18-8-10(2)3/h5-7,10,13,16H,4,8-9,14H2,1-3H3. The monoisotopic (exact) mass is 269 g/mol. The van der Waals surface area contributed by atoms with E-state index in [-0.39, 0.29) is 6.04 Å². The van der Waals surface area contributed by atoms with Crippen molar-refractivity contribution in [3.63, 3.8) is 0 Å². The average molecular weight is 269 g/mol. The van der Waals surface area contributed by atoms with Crippen molar-refractivity contribution in [2.24, 2.45) is 11.8 Å². The lowest BCUT2D eigenvalue weighted by atomic mass is 10.1. The van der Waals surface area contributed by atoms with Crippen molar-refractivity contribution >= 4 is 11.8 Å². The number of nitrogens with one attached hydrogen (secondary N) is 1. The maximum atomic E-state index is 5.61. The Kier molecular flexibility index (Phi) is 7.08. The predicted octanol–water partition coefficient (Wildman–Crippen LogP) is 2.37. The first kappa shape index (κ1) is 15.3. The third-order valence-corrected chi connectivity index (χ3v) is 3.86. The van der Waals surface area contributed by atoms with Crippen molar-refractivity contribution in [1.82, 2.24) is 10.4 Å². The van der Waals surface area contributed by atoms with Crippen LogP contribution >= 0.6 is 11.8 Å². The van der Waals surface area contributed by atoms with E-state index in [1.165, 1.54) is 0 Å². The van der Waals surface area contributed by atoms with Gasteiger partial charge in [0.1, 0.15) is 5.75 Å². The van der Waals surface area contributed by atoms with Crippen LogP contribution in [-0.4, -0.2) is 23.1 Å². The van der Waals surface area contributed by atoms with Gasteiger partial charge in [-0.2, -0.15) is 11.8 Å². The highest BCUT2D eigenvalue weighted by Gasteiger charge is 2.11. The Bertz CT molecular complexity index is 347. The first-order chi connectivity index (χ1) is 8.67. The average Bonchev–Trinajstić information content (AvgIpc) is 2.35. The number of hydrogen-bond donors (Lipinski definition) is 2. The van der Waals surface area contributed by atoms with Gasteiger partial charge in [0.15, 0.2) is 0 Å². The second kappa shape index (κ2) is 8.34. The van der Waals surface area contributed by atoms with E-state index in [9.17, 15) is 0 Å². The van der Waals surface area contributed by atoms with Crippen LogP contribution in [0.2, 0.25) is 0 Å². The molecular formula is C13H23N3OS. The third-order valence-electron chi connectivity index (χ3n) is 2.38. The van der Waals surface area contributed by atoms with Crippen molar-refractivity contribution in [1.29, 1.82) is 0 Å². The number of thioether (sulfide) groups is 1. The summed E-state index contributed by atoms with van der Waals surface area (Å²) in [6, 6.07) is 2.11. The van der Waals surface area contributed by atoms with Gasteiger partial charge in [0, 0.05) is 11.9 Å². The molecule has 18 heavy (non-hydrogen) atoms. The summed E-state index contributed by atoms with van der Waals surface area (Å²) >= 11 is 1.90. The lowest BCUT2D eigenvalue weighted by molar-refractivity contribution is 0.338. The number of ether oxygens (including phenoxy) is 1. The van der Waals surface area contributed by atoms with E-state index in [2.05, 4.69) is 24.3 Å². The number of pyridine rings is 1. The van der Waals surface area contributed by atoms with Crippen molar-refractivity contribution in [3.05, 3.63) is 24.0 Å². The third kappa shape index (κ3) is 5.25. The molecule has 102 valence electrons. The molecule has 0 aromatic carbocycles. The minimum Gasteiger partial charge on any atom is -0.492 e. The first-order valence-corrected chi connectivity index (χ1v) is 7.44. The summed E-state index contributed by atoms with van der Waals surface area (Å²) in [6.45, 7) is 7.04. The van der Waals surface area contributed by atoms with Crippen molar-refractivity contribution in [2.45, 2.75) is 26.8 Å². The second-order valence-electron chi connectivity index (χ2n) is 4.54. The Morgan fingerprint density at radius 1 is 1.39 bits per heavy atom. The number of hydrogen-bond acceptors (Lipinski definition) is 5. The van der Waals surface area contributed by atoms with Gasteiger partial charge in [0.05, 0.1) is 18.8 Å². The Morgan fingerprint density at radius 3 is 2.78 bits per heavy atom. The molecule has 0 aliphatic carbocycles. The fraction of sp³-hybridized carbons (Fsp3) is 0.615. The maximum absolute atomic E-state index is 5.61. The summed E-state index contributed by atoms with van der Waals surface area (Å²) in [5, 5.41) is 0. The van der Waals surface area contributed by atoms with Gasteiger partial charge in [-0.1, -0.05) is 13.8 Å². The highest BCUT2D eigenvalue weighted by Crippen LogP contribution is 2.21. The minimum atomic E-state index is 0.113.